The van der Waals surface area contributed by atoms with Crippen LogP contribution >= 0.6 is 0 Å². The molecule has 2 saturated carbocycles. The fourth-order valence-corrected chi connectivity index (χ4v) is 4.26. The molecule has 0 aromatic rings. The quantitative estimate of drug-likeness (QED) is 0.423. The van der Waals surface area contributed by atoms with Crippen molar-refractivity contribution >= 4 is 0 Å². The van der Waals surface area contributed by atoms with Crippen LogP contribution in [0.3, 0.4) is 0 Å². The van der Waals surface area contributed by atoms with Gasteiger partial charge in [0.15, 0.2) is 0 Å². The zero-order valence-corrected chi connectivity index (χ0v) is 14.1. The second kappa shape index (κ2) is 9.33. The molecule has 0 radical (unpaired) electrons. The molecule has 2 aliphatic carbocycles. The van der Waals surface area contributed by atoms with Crippen molar-refractivity contribution in [3.05, 3.63) is 24.5 Å². The molecule has 2 aliphatic rings. The van der Waals surface area contributed by atoms with Crippen molar-refractivity contribution in [1.29, 1.82) is 0 Å². The lowest BCUT2D eigenvalue weighted by molar-refractivity contribution is 0.113. The summed E-state index contributed by atoms with van der Waals surface area (Å²) in [6.07, 6.45) is 21.2. The van der Waals surface area contributed by atoms with E-state index in [1.54, 1.807) is 0 Å². The number of hydrogen-bond donors (Lipinski definition) is 0. The van der Waals surface area contributed by atoms with Crippen LogP contribution in [0.15, 0.2) is 24.5 Å². The number of rotatable bonds is 6. The maximum Gasteiger partial charge on any atom is 0.0901 e. The third-order valence-corrected chi connectivity index (χ3v) is 5.60. The third-order valence-electron chi connectivity index (χ3n) is 5.60. The van der Waals surface area contributed by atoms with Gasteiger partial charge in [-0.3, -0.25) is 0 Å². The molecular weight excluding hydrogens is 256 g/mol. The van der Waals surface area contributed by atoms with Crippen LogP contribution in [0.4, 0.5) is 0 Å². The van der Waals surface area contributed by atoms with E-state index in [4.69, 9.17) is 4.74 Å². The summed E-state index contributed by atoms with van der Waals surface area (Å²) in [7, 11) is 0. The fourth-order valence-electron chi connectivity index (χ4n) is 4.26. The van der Waals surface area contributed by atoms with Crippen molar-refractivity contribution in [2.45, 2.75) is 71.6 Å². The fraction of sp³-hybridized carbons (Fsp3) is 0.800. The molecule has 0 unspecified atom stereocenters. The predicted molar refractivity (Wildman–Crippen MR) is 91.1 cm³/mol. The van der Waals surface area contributed by atoms with Crippen LogP contribution in [0.1, 0.15) is 71.6 Å². The van der Waals surface area contributed by atoms with E-state index < -0.39 is 0 Å². The van der Waals surface area contributed by atoms with Crippen LogP contribution in [0.25, 0.3) is 0 Å². The van der Waals surface area contributed by atoms with Gasteiger partial charge in [-0.15, -0.1) is 0 Å². The zero-order chi connectivity index (χ0) is 14.9. The van der Waals surface area contributed by atoms with E-state index in [-0.39, 0.29) is 0 Å². The number of hydrogen-bond acceptors (Lipinski definition) is 1. The minimum Gasteiger partial charge on any atom is -0.501 e. The second-order valence-electron chi connectivity index (χ2n) is 7.09. The van der Waals surface area contributed by atoms with Gasteiger partial charge in [0.2, 0.25) is 0 Å². The van der Waals surface area contributed by atoms with Gasteiger partial charge in [0.1, 0.15) is 0 Å². The first-order valence-corrected chi connectivity index (χ1v) is 9.22. The molecule has 0 aliphatic heterocycles. The molecular formula is C20H34O. The Morgan fingerprint density at radius 2 is 1.52 bits per heavy atom. The average Bonchev–Trinajstić information content (AvgIpc) is 2.53. The summed E-state index contributed by atoms with van der Waals surface area (Å²) in [6.45, 7) is 5.25. The largest absolute Gasteiger partial charge is 0.501 e. The molecule has 1 nitrogen and oxygen atoms in total. The summed E-state index contributed by atoms with van der Waals surface area (Å²) >= 11 is 0. The zero-order valence-electron chi connectivity index (χ0n) is 14.1. The molecule has 120 valence electrons. The lowest BCUT2D eigenvalue weighted by Gasteiger charge is -2.37. The van der Waals surface area contributed by atoms with Gasteiger partial charge in [0.05, 0.1) is 12.9 Å². The Balaban J connectivity index is 1.64. The van der Waals surface area contributed by atoms with Crippen LogP contribution in [0, 0.1) is 23.7 Å². The van der Waals surface area contributed by atoms with Crippen molar-refractivity contribution in [3.8, 4) is 0 Å². The molecule has 0 N–H and O–H groups in total. The Morgan fingerprint density at radius 1 is 0.905 bits per heavy atom. The molecule has 2 fully saturated rings. The Hall–Kier alpha value is -0.720. The highest BCUT2D eigenvalue weighted by Crippen LogP contribution is 2.41. The predicted octanol–water partition coefficient (Wildman–Crippen LogP) is 6.12. The van der Waals surface area contributed by atoms with Gasteiger partial charge in [-0.2, -0.15) is 0 Å². The molecule has 0 amide bonds. The van der Waals surface area contributed by atoms with E-state index in [0.717, 1.165) is 36.7 Å². The average molecular weight is 290 g/mol. The Morgan fingerprint density at radius 3 is 2.10 bits per heavy atom. The Kier molecular flexibility index (Phi) is 7.39. The Bertz CT molecular complexity index is 315. The van der Waals surface area contributed by atoms with Crippen LogP contribution in [-0.4, -0.2) is 6.61 Å². The van der Waals surface area contributed by atoms with Crippen molar-refractivity contribution in [2.75, 3.05) is 6.61 Å². The minimum absolute atomic E-state index is 0.808. The molecule has 0 bridgehead atoms. The summed E-state index contributed by atoms with van der Waals surface area (Å²) in [6, 6.07) is 0. The van der Waals surface area contributed by atoms with Gasteiger partial charge in [-0.05, 0) is 88.4 Å². The van der Waals surface area contributed by atoms with Gasteiger partial charge in [0, 0.05) is 0 Å². The van der Waals surface area contributed by atoms with Gasteiger partial charge >= 0.3 is 0 Å². The highest BCUT2D eigenvalue weighted by molar-refractivity contribution is 4.90. The standard InChI is InChI=1S/C20H34O/c1-3-5-15-21-16-18-9-13-20(14-10-18)19-11-7-17(6-4-2)8-12-19/h4-6,15,17-20H,3,7-14,16H2,1-2H3/t17-,18-,19-,20-. The normalized spacial score (nSPS) is 34.6. The molecule has 21 heavy (non-hydrogen) atoms. The number of ether oxygens (including phenoxy) is 1. The van der Waals surface area contributed by atoms with Crippen LogP contribution < -0.4 is 0 Å². The smallest absolute Gasteiger partial charge is 0.0901 e. The topological polar surface area (TPSA) is 9.23 Å². The Labute approximate surface area is 131 Å². The summed E-state index contributed by atoms with van der Waals surface area (Å²) < 4.78 is 5.65. The van der Waals surface area contributed by atoms with Gasteiger partial charge in [-0.1, -0.05) is 25.2 Å². The van der Waals surface area contributed by atoms with Crippen LogP contribution in [0.5, 0.6) is 0 Å². The molecule has 1 heteroatoms. The molecule has 0 heterocycles. The van der Waals surface area contributed by atoms with Gasteiger partial charge in [0.25, 0.3) is 0 Å². The molecule has 0 atom stereocenters. The van der Waals surface area contributed by atoms with Crippen molar-refractivity contribution in [2.24, 2.45) is 23.7 Å². The molecule has 0 aromatic carbocycles. The lowest BCUT2D eigenvalue weighted by atomic mass is 9.69. The summed E-state index contributed by atoms with van der Waals surface area (Å²) in [5.41, 5.74) is 0. The monoisotopic (exact) mass is 290 g/mol. The highest BCUT2D eigenvalue weighted by Gasteiger charge is 2.30. The maximum atomic E-state index is 5.65. The van der Waals surface area contributed by atoms with E-state index in [9.17, 15) is 0 Å². The summed E-state index contributed by atoms with van der Waals surface area (Å²) in [5.74, 6) is 3.72. The minimum atomic E-state index is 0.808. The van der Waals surface area contributed by atoms with E-state index in [1.807, 2.05) is 6.26 Å². The molecule has 2 rings (SSSR count). The van der Waals surface area contributed by atoms with E-state index in [1.165, 1.54) is 51.4 Å². The first-order chi connectivity index (χ1) is 10.3. The molecule has 0 aromatic heterocycles. The summed E-state index contributed by atoms with van der Waals surface area (Å²) in [4.78, 5) is 0. The number of allylic oxidation sites excluding steroid dienone is 3. The van der Waals surface area contributed by atoms with Crippen LogP contribution in [0.2, 0.25) is 0 Å². The summed E-state index contributed by atoms with van der Waals surface area (Å²) in [5, 5.41) is 0. The maximum absolute atomic E-state index is 5.65. The lowest BCUT2D eigenvalue weighted by Crippen LogP contribution is -2.26. The van der Waals surface area contributed by atoms with E-state index in [0.29, 0.717) is 0 Å². The second-order valence-corrected chi connectivity index (χ2v) is 7.09. The highest BCUT2D eigenvalue weighted by atomic mass is 16.5. The van der Waals surface area contributed by atoms with E-state index in [2.05, 4.69) is 32.1 Å². The van der Waals surface area contributed by atoms with Crippen LogP contribution in [-0.2, 0) is 4.74 Å². The van der Waals surface area contributed by atoms with Crippen molar-refractivity contribution in [3.63, 3.8) is 0 Å². The first kappa shape index (κ1) is 16.6. The van der Waals surface area contributed by atoms with Gasteiger partial charge < -0.3 is 4.74 Å². The van der Waals surface area contributed by atoms with Gasteiger partial charge in [-0.25, -0.2) is 0 Å². The van der Waals surface area contributed by atoms with Crippen molar-refractivity contribution < 1.29 is 4.74 Å². The molecule has 0 spiro atoms. The third kappa shape index (κ3) is 5.52. The van der Waals surface area contributed by atoms with Crippen molar-refractivity contribution in [1.82, 2.24) is 0 Å². The first-order valence-electron chi connectivity index (χ1n) is 9.22. The van der Waals surface area contributed by atoms with E-state index >= 15 is 0 Å². The SMILES string of the molecule is CC=C[C@H]1CC[C@H]([C@H]2CC[C@H](COC=CCC)CC2)CC1. The molecule has 0 saturated heterocycles.